The number of aryl methyl sites for hydroxylation is 1. The topological polar surface area (TPSA) is 106 Å². The first kappa shape index (κ1) is 16.0. The Labute approximate surface area is 121 Å². The fraction of sp³-hybridized carbons (Fsp3) is 0.385. The number of carbonyl (C=O) groups excluding carboxylic acids is 2. The molecule has 1 amide bonds. The zero-order chi connectivity index (χ0) is 15.3. The molecule has 0 aliphatic rings. The third-order valence-corrected chi connectivity index (χ3v) is 3.60. The monoisotopic (exact) mass is 293 g/mol. The SMILES string of the molecule is CCOC(=O)c1cc(C#N)c(SC(C)C(N)=O)nc1C. The van der Waals surface area contributed by atoms with Gasteiger partial charge in [-0.1, -0.05) is 11.8 Å². The van der Waals surface area contributed by atoms with Crippen LogP contribution in [0.1, 0.15) is 35.5 Å². The predicted octanol–water partition coefficient (Wildman–Crippen LogP) is 1.40. The molecule has 0 fully saturated rings. The van der Waals surface area contributed by atoms with Gasteiger partial charge in [0.1, 0.15) is 11.1 Å². The molecule has 0 aliphatic carbocycles. The van der Waals surface area contributed by atoms with Crippen molar-refractivity contribution in [2.45, 2.75) is 31.0 Å². The zero-order valence-electron chi connectivity index (χ0n) is 11.5. The summed E-state index contributed by atoms with van der Waals surface area (Å²) in [6, 6.07) is 3.39. The van der Waals surface area contributed by atoms with Crippen LogP contribution in [0, 0.1) is 18.3 Å². The lowest BCUT2D eigenvalue weighted by molar-refractivity contribution is -0.117. The molecule has 6 nitrogen and oxygen atoms in total. The van der Waals surface area contributed by atoms with Crippen LogP contribution in [-0.4, -0.2) is 28.7 Å². The maximum Gasteiger partial charge on any atom is 0.340 e. The largest absolute Gasteiger partial charge is 0.462 e. The average molecular weight is 293 g/mol. The van der Waals surface area contributed by atoms with Gasteiger partial charge >= 0.3 is 5.97 Å². The number of primary amides is 1. The van der Waals surface area contributed by atoms with Crippen molar-refractivity contribution in [3.05, 3.63) is 22.9 Å². The molecular weight excluding hydrogens is 278 g/mol. The van der Waals surface area contributed by atoms with Gasteiger partial charge in [-0.05, 0) is 26.8 Å². The van der Waals surface area contributed by atoms with Crippen molar-refractivity contribution in [3.8, 4) is 6.07 Å². The smallest absolute Gasteiger partial charge is 0.340 e. The second-order valence-corrected chi connectivity index (χ2v) is 5.30. The summed E-state index contributed by atoms with van der Waals surface area (Å²) in [5, 5.41) is 8.99. The number of thioether (sulfide) groups is 1. The molecule has 1 rings (SSSR count). The molecule has 1 heterocycles. The van der Waals surface area contributed by atoms with Crippen molar-refractivity contribution in [3.63, 3.8) is 0 Å². The second kappa shape index (κ2) is 6.91. The Morgan fingerprint density at radius 2 is 2.25 bits per heavy atom. The van der Waals surface area contributed by atoms with Gasteiger partial charge in [-0.2, -0.15) is 5.26 Å². The van der Waals surface area contributed by atoms with Crippen LogP contribution in [0.5, 0.6) is 0 Å². The number of amides is 1. The lowest BCUT2D eigenvalue weighted by Crippen LogP contribution is -2.23. The van der Waals surface area contributed by atoms with Gasteiger partial charge in [0, 0.05) is 0 Å². The van der Waals surface area contributed by atoms with Crippen LogP contribution in [0.2, 0.25) is 0 Å². The van der Waals surface area contributed by atoms with E-state index in [9.17, 15) is 9.59 Å². The highest BCUT2D eigenvalue weighted by Crippen LogP contribution is 2.26. The standard InChI is InChI=1S/C13H15N3O3S/c1-4-19-13(18)10-5-9(6-14)12(16-7(10)2)20-8(3)11(15)17/h5,8H,4H2,1-3H3,(H2,15,17). The normalized spacial score (nSPS) is 11.5. The second-order valence-electron chi connectivity index (χ2n) is 3.97. The number of ether oxygens (including phenoxy) is 1. The summed E-state index contributed by atoms with van der Waals surface area (Å²) >= 11 is 1.09. The molecule has 0 radical (unpaired) electrons. The lowest BCUT2D eigenvalue weighted by atomic mass is 10.1. The first-order chi connectivity index (χ1) is 9.40. The molecule has 0 aromatic carbocycles. The molecule has 20 heavy (non-hydrogen) atoms. The van der Waals surface area contributed by atoms with Gasteiger partial charge in [0.2, 0.25) is 5.91 Å². The maximum atomic E-state index is 11.7. The average Bonchev–Trinajstić information content (AvgIpc) is 2.39. The highest BCUT2D eigenvalue weighted by Gasteiger charge is 2.19. The van der Waals surface area contributed by atoms with Crippen LogP contribution in [0.15, 0.2) is 11.1 Å². The lowest BCUT2D eigenvalue weighted by Gasteiger charge is -2.11. The van der Waals surface area contributed by atoms with Crippen LogP contribution < -0.4 is 5.73 Å². The van der Waals surface area contributed by atoms with Gasteiger partial charge in [0.15, 0.2) is 0 Å². The minimum Gasteiger partial charge on any atom is -0.462 e. The quantitative estimate of drug-likeness (QED) is 0.649. The minimum atomic E-state index is -0.520. The summed E-state index contributed by atoms with van der Waals surface area (Å²) in [5.41, 5.74) is 6.10. The van der Waals surface area contributed by atoms with E-state index in [1.165, 1.54) is 6.07 Å². The summed E-state index contributed by atoms with van der Waals surface area (Å²) in [7, 11) is 0. The van der Waals surface area contributed by atoms with Crippen molar-refractivity contribution in [1.29, 1.82) is 5.26 Å². The third-order valence-electron chi connectivity index (χ3n) is 2.48. The molecule has 0 aliphatic heterocycles. The molecule has 7 heteroatoms. The first-order valence-electron chi connectivity index (χ1n) is 5.95. The summed E-state index contributed by atoms with van der Waals surface area (Å²) in [6.45, 7) is 5.22. The maximum absolute atomic E-state index is 11.7. The van der Waals surface area contributed by atoms with E-state index in [2.05, 4.69) is 4.98 Å². The molecule has 1 atom stereocenters. The molecule has 1 unspecified atom stereocenters. The van der Waals surface area contributed by atoms with Crippen molar-refractivity contribution in [2.24, 2.45) is 5.73 Å². The van der Waals surface area contributed by atoms with E-state index < -0.39 is 17.1 Å². The van der Waals surface area contributed by atoms with Crippen LogP contribution in [-0.2, 0) is 9.53 Å². The Hall–Kier alpha value is -2.07. The number of pyridine rings is 1. The van der Waals surface area contributed by atoms with E-state index in [0.29, 0.717) is 10.7 Å². The molecule has 0 bridgehead atoms. The fourth-order valence-electron chi connectivity index (χ4n) is 1.39. The van der Waals surface area contributed by atoms with Crippen molar-refractivity contribution >= 4 is 23.6 Å². The van der Waals surface area contributed by atoms with Gasteiger partial charge in [-0.15, -0.1) is 0 Å². The number of aromatic nitrogens is 1. The highest BCUT2D eigenvalue weighted by atomic mass is 32.2. The van der Waals surface area contributed by atoms with Crippen LogP contribution in [0.4, 0.5) is 0 Å². The summed E-state index contributed by atoms with van der Waals surface area (Å²) < 4.78 is 4.90. The van der Waals surface area contributed by atoms with Crippen molar-refractivity contribution in [2.75, 3.05) is 6.61 Å². The molecular formula is C13H15N3O3S. The summed E-state index contributed by atoms with van der Waals surface area (Å²) in [5.74, 6) is -1.01. The third kappa shape index (κ3) is 3.71. The minimum absolute atomic E-state index is 0.219. The number of nitriles is 1. The van der Waals surface area contributed by atoms with Gasteiger partial charge < -0.3 is 10.5 Å². The van der Waals surface area contributed by atoms with E-state index in [-0.39, 0.29) is 17.7 Å². The Balaban J connectivity index is 3.17. The van der Waals surface area contributed by atoms with E-state index in [0.717, 1.165) is 11.8 Å². The number of nitrogens with zero attached hydrogens (tertiary/aromatic N) is 2. The van der Waals surface area contributed by atoms with E-state index in [1.54, 1.807) is 20.8 Å². The van der Waals surface area contributed by atoms with Crippen LogP contribution in [0.3, 0.4) is 0 Å². The molecule has 0 saturated carbocycles. The Kier molecular flexibility index (Phi) is 5.53. The van der Waals surface area contributed by atoms with Gasteiger partial charge in [-0.3, -0.25) is 4.79 Å². The van der Waals surface area contributed by atoms with Gasteiger partial charge in [0.25, 0.3) is 0 Å². The summed E-state index contributed by atoms with van der Waals surface area (Å²) in [6.07, 6.45) is 0. The number of hydrogen-bond donors (Lipinski definition) is 1. The highest BCUT2D eigenvalue weighted by molar-refractivity contribution is 8.00. The van der Waals surface area contributed by atoms with E-state index >= 15 is 0 Å². The first-order valence-corrected chi connectivity index (χ1v) is 6.83. The Bertz CT molecular complexity index is 581. The van der Waals surface area contributed by atoms with Gasteiger partial charge in [0.05, 0.1) is 28.7 Å². The molecule has 2 N–H and O–H groups in total. The molecule has 106 valence electrons. The van der Waals surface area contributed by atoms with E-state index in [4.69, 9.17) is 15.7 Å². The van der Waals surface area contributed by atoms with Crippen LogP contribution in [0.25, 0.3) is 0 Å². The summed E-state index contributed by atoms with van der Waals surface area (Å²) in [4.78, 5) is 27.0. The fourth-order valence-corrected chi connectivity index (χ4v) is 2.27. The zero-order valence-corrected chi connectivity index (χ0v) is 12.3. The number of hydrogen-bond acceptors (Lipinski definition) is 6. The van der Waals surface area contributed by atoms with Crippen molar-refractivity contribution < 1.29 is 14.3 Å². The van der Waals surface area contributed by atoms with E-state index in [1.807, 2.05) is 6.07 Å². The Morgan fingerprint density at radius 1 is 1.60 bits per heavy atom. The Morgan fingerprint density at radius 3 is 2.75 bits per heavy atom. The predicted molar refractivity (Wildman–Crippen MR) is 74.2 cm³/mol. The molecule has 1 aromatic rings. The number of rotatable bonds is 5. The molecule has 0 spiro atoms. The van der Waals surface area contributed by atoms with Crippen LogP contribution >= 0.6 is 11.8 Å². The number of nitrogens with two attached hydrogens (primary N) is 1. The molecule has 1 aromatic heterocycles. The number of esters is 1. The molecule has 0 saturated heterocycles. The number of carbonyl (C=O) groups is 2. The van der Waals surface area contributed by atoms with Gasteiger partial charge in [-0.25, -0.2) is 9.78 Å². The van der Waals surface area contributed by atoms with Crippen molar-refractivity contribution in [1.82, 2.24) is 4.98 Å².